The maximum absolute atomic E-state index is 14.4. The quantitative estimate of drug-likeness (QED) is 0.176. The number of para-hydroxylation sites is 1. The number of rotatable bonds is 15. The molecular weight excluding hydrogens is 751 g/mol. The highest BCUT2D eigenvalue weighted by Gasteiger charge is 2.85. The number of aliphatic hydroxyl groups is 2. The lowest BCUT2D eigenvalue weighted by atomic mass is 9.59. The number of fused-ring (bicyclic) bond motifs is 1. The molecule has 3 saturated carbocycles. The summed E-state index contributed by atoms with van der Waals surface area (Å²) in [5.74, 6) is 1.50. The highest BCUT2D eigenvalue weighted by atomic mass is 16.7. The van der Waals surface area contributed by atoms with Gasteiger partial charge < -0.3 is 40.1 Å². The molecule has 0 bridgehead atoms. The van der Waals surface area contributed by atoms with Gasteiger partial charge in [-0.15, -0.1) is 0 Å². The average Bonchev–Trinajstić information content (AvgIpc) is 3.47. The monoisotopic (exact) mass is 811 g/mol. The summed E-state index contributed by atoms with van der Waals surface area (Å²) in [5.41, 5.74) is 4.45. The van der Waals surface area contributed by atoms with Gasteiger partial charge >= 0.3 is 0 Å². The van der Waals surface area contributed by atoms with Crippen molar-refractivity contribution in [3.63, 3.8) is 0 Å². The Kier molecular flexibility index (Phi) is 11.5. The van der Waals surface area contributed by atoms with Gasteiger partial charge in [0.1, 0.15) is 29.7 Å². The van der Waals surface area contributed by atoms with E-state index in [-0.39, 0.29) is 48.3 Å². The number of methoxy groups -OCH3 is 2. The van der Waals surface area contributed by atoms with E-state index >= 15 is 0 Å². The molecule has 3 aromatic rings. The first-order valence-corrected chi connectivity index (χ1v) is 20.6. The van der Waals surface area contributed by atoms with Gasteiger partial charge in [0.15, 0.2) is 0 Å². The van der Waals surface area contributed by atoms with Gasteiger partial charge in [-0.2, -0.15) is 5.06 Å². The predicted molar refractivity (Wildman–Crippen MR) is 225 cm³/mol. The number of carbonyl (C=O) groups excluding carboxylic acids is 3. The van der Waals surface area contributed by atoms with Crippen LogP contribution >= 0.6 is 0 Å². The number of amides is 3. The molecule has 318 valence electrons. The van der Waals surface area contributed by atoms with Crippen LogP contribution in [-0.2, 0) is 27.4 Å². The first-order chi connectivity index (χ1) is 28.0. The molecule has 7 rings (SSSR count). The highest BCUT2D eigenvalue weighted by Crippen LogP contribution is 2.87. The van der Waals surface area contributed by atoms with Crippen LogP contribution in [0.2, 0.25) is 0 Å². The normalized spacial score (nSPS) is 28.4. The number of hydrogen-bond donors (Lipinski definition) is 4. The summed E-state index contributed by atoms with van der Waals surface area (Å²) >= 11 is 0. The van der Waals surface area contributed by atoms with Crippen molar-refractivity contribution in [1.82, 2.24) is 20.6 Å². The van der Waals surface area contributed by atoms with Gasteiger partial charge in [0.05, 0.1) is 33.5 Å². The lowest BCUT2D eigenvalue weighted by Crippen LogP contribution is -2.54. The summed E-state index contributed by atoms with van der Waals surface area (Å²) < 4.78 is 11.4. The molecule has 4 aliphatic rings. The summed E-state index contributed by atoms with van der Waals surface area (Å²) in [4.78, 5) is 51.5. The second-order valence-corrected chi connectivity index (χ2v) is 18.2. The fourth-order valence-corrected chi connectivity index (χ4v) is 11.1. The highest BCUT2D eigenvalue weighted by molar-refractivity contribution is 6.00. The first-order valence-electron chi connectivity index (χ1n) is 20.6. The smallest absolute Gasteiger partial charge is 0.252 e. The van der Waals surface area contributed by atoms with Crippen LogP contribution in [0.25, 0.3) is 11.1 Å². The molecule has 4 N–H and O–H groups in total. The third-order valence-corrected chi connectivity index (χ3v) is 14.0. The van der Waals surface area contributed by atoms with Crippen molar-refractivity contribution < 1.29 is 38.9 Å². The van der Waals surface area contributed by atoms with Crippen molar-refractivity contribution in [3.8, 4) is 22.6 Å². The van der Waals surface area contributed by atoms with Gasteiger partial charge in [-0.3, -0.25) is 19.2 Å². The molecule has 2 unspecified atom stereocenters. The van der Waals surface area contributed by atoms with E-state index in [0.29, 0.717) is 51.5 Å². The van der Waals surface area contributed by atoms with Crippen LogP contribution in [0.4, 0.5) is 5.69 Å². The van der Waals surface area contributed by atoms with Crippen LogP contribution in [0, 0.1) is 34.5 Å². The molecule has 3 amide bonds. The number of aliphatic hydroxyl groups excluding tert-OH is 2. The zero-order valence-electron chi connectivity index (χ0n) is 36.0. The van der Waals surface area contributed by atoms with Gasteiger partial charge in [-0.25, -0.2) is 0 Å². The maximum Gasteiger partial charge on any atom is 0.252 e. The van der Waals surface area contributed by atoms with Crippen molar-refractivity contribution in [3.05, 3.63) is 77.4 Å². The molecular formula is C46H61N5O8. The number of ether oxygens (including phenoxy) is 2. The lowest BCUT2D eigenvalue weighted by molar-refractivity contribution is -0.182. The Morgan fingerprint density at radius 3 is 2.27 bits per heavy atom. The summed E-state index contributed by atoms with van der Waals surface area (Å²) in [6.45, 7) is 8.38. The number of anilines is 1. The van der Waals surface area contributed by atoms with Crippen molar-refractivity contribution in [1.29, 1.82) is 0 Å². The summed E-state index contributed by atoms with van der Waals surface area (Å²) in [5, 5.41) is 29.4. The van der Waals surface area contributed by atoms with E-state index in [1.165, 1.54) is 4.90 Å². The van der Waals surface area contributed by atoms with E-state index in [0.717, 1.165) is 17.7 Å². The molecule has 10 atom stereocenters. The van der Waals surface area contributed by atoms with Crippen molar-refractivity contribution in [2.75, 3.05) is 53.9 Å². The molecule has 0 radical (unpaired) electrons. The number of carbonyl (C=O) groups is 3. The fraction of sp³-hybridized carbons (Fsp3) is 0.543. The van der Waals surface area contributed by atoms with Gasteiger partial charge in [-0.1, -0.05) is 51.1 Å². The molecule has 59 heavy (non-hydrogen) atoms. The second kappa shape index (κ2) is 16.1. The molecule has 0 aromatic heterocycles. The zero-order valence-corrected chi connectivity index (χ0v) is 36.0. The Hall–Kier alpha value is -4.69. The van der Waals surface area contributed by atoms with Gasteiger partial charge in [-0.05, 0) is 83.4 Å². The molecule has 3 aromatic carbocycles. The minimum atomic E-state index is -0.927. The molecule has 4 fully saturated rings. The standard InChI is InChI=1S/C46H61N5O8/c1-25(53)37-35(24-52)59-51(39(37)43(55)48-36-22-33-38-41(45(33,2)3)46(36,38)4)23-27-12-11-13-32(40(27)58-10)28-19-29(21-30(20-28)49(5)6)42(54)47-34(44(56)50(7)8)18-26-14-16-31(57-9)17-15-26/h11-17,19-21,25,33-39,41,52-53H,18,22-24H2,1-10H3,(H,47,54)(H,48,55)/t25-,33-,34?,35-,36-,37+,38?,39-,41+,46-/m0/s1. The van der Waals surface area contributed by atoms with Gasteiger partial charge in [0.2, 0.25) is 11.8 Å². The van der Waals surface area contributed by atoms with Crippen LogP contribution in [-0.4, -0.2) is 117 Å². The Bertz CT molecular complexity index is 2060. The topological polar surface area (TPSA) is 153 Å². The van der Waals surface area contributed by atoms with Crippen molar-refractivity contribution in [2.24, 2.45) is 34.5 Å². The van der Waals surface area contributed by atoms with E-state index < -0.39 is 36.1 Å². The van der Waals surface area contributed by atoms with E-state index in [4.69, 9.17) is 14.3 Å². The predicted octanol–water partition coefficient (Wildman–Crippen LogP) is 4.14. The Morgan fingerprint density at radius 1 is 1.00 bits per heavy atom. The number of hydrogen-bond acceptors (Lipinski definition) is 10. The zero-order chi connectivity index (χ0) is 42.7. The summed E-state index contributed by atoms with van der Waals surface area (Å²) in [6, 6.07) is 17.0. The number of nitrogens with one attached hydrogen (secondary N) is 2. The minimum absolute atomic E-state index is 0.0414. The van der Waals surface area contributed by atoms with Crippen LogP contribution in [0.5, 0.6) is 11.5 Å². The third-order valence-electron chi connectivity index (χ3n) is 14.0. The van der Waals surface area contributed by atoms with Crippen LogP contribution in [0.1, 0.15) is 55.6 Å². The molecule has 1 heterocycles. The number of hydroxylamine groups is 2. The second-order valence-electron chi connectivity index (χ2n) is 18.2. The number of nitrogens with zero attached hydrogens (tertiary/aromatic N) is 3. The Labute approximate surface area is 347 Å². The summed E-state index contributed by atoms with van der Waals surface area (Å²) in [6.07, 6.45) is -0.494. The van der Waals surface area contributed by atoms with E-state index in [2.05, 4.69) is 31.4 Å². The molecule has 13 nitrogen and oxygen atoms in total. The Balaban J connectivity index is 1.16. The lowest BCUT2D eigenvalue weighted by Gasteiger charge is -2.47. The number of likely N-dealkylation sites (N-methyl/N-ethyl adjacent to an activating group) is 1. The van der Waals surface area contributed by atoms with Crippen LogP contribution < -0.4 is 25.0 Å². The van der Waals surface area contributed by atoms with Gasteiger partial charge in [0, 0.05) is 68.9 Å². The van der Waals surface area contributed by atoms with Crippen LogP contribution in [0.15, 0.2) is 60.7 Å². The van der Waals surface area contributed by atoms with Crippen molar-refractivity contribution in [2.45, 2.75) is 77.4 Å². The summed E-state index contributed by atoms with van der Waals surface area (Å²) in [7, 11) is 10.3. The largest absolute Gasteiger partial charge is 0.497 e. The van der Waals surface area contributed by atoms with Gasteiger partial charge in [0.25, 0.3) is 5.91 Å². The molecule has 3 aliphatic carbocycles. The molecule has 1 saturated heterocycles. The Morgan fingerprint density at radius 2 is 1.71 bits per heavy atom. The SMILES string of the molecule is COc1ccc(CC(NC(=O)c2cc(-c3cccc(CN4O[C@@H](CO)[C@@H]([C@H](C)O)[C@H]4C(=O)N[C@H]4C[C@H]5C6[C@H](C5(C)C)[C@]64C)c3OC)cc(N(C)C)c2)C(=O)N(C)C)cc1. The third kappa shape index (κ3) is 7.44. The van der Waals surface area contributed by atoms with E-state index in [1.54, 1.807) is 52.4 Å². The fourth-order valence-electron chi connectivity index (χ4n) is 11.1. The van der Waals surface area contributed by atoms with Crippen molar-refractivity contribution >= 4 is 23.4 Å². The maximum atomic E-state index is 14.4. The minimum Gasteiger partial charge on any atom is -0.497 e. The first kappa shape index (κ1) is 42.4. The van der Waals surface area contributed by atoms with E-state index in [1.807, 2.05) is 67.5 Å². The number of benzene rings is 3. The van der Waals surface area contributed by atoms with Crippen LogP contribution in [0.3, 0.4) is 0 Å². The molecule has 0 spiro atoms. The van der Waals surface area contributed by atoms with E-state index in [9.17, 15) is 24.6 Å². The molecule has 13 heteroatoms. The average molecular weight is 812 g/mol. The molecule has 1 aliphatic heterocycles.